The van der Waals surface area contributed by atoms with Crippen molar-refractivity contribution in [3.8, 4) is 0 Å². The molecule has 3 nitrogen and oxygen atoms in total. The van der Waals surface area contributed by atoms with E-state index in [-0.39, 0.29) is 0 Å². The number of hydrogen-bond donors (Lipinski definition) is 2. The van der Waals surface area contributed by atoms with E-state index in [0.717, 1.165) is 12.2 Å². The summed E-state index contributed by atoms with van der Waals surface area (Å²) < 4.78 is 0. The van der Waals surface area contributed by atoms with Gasteiger partial charge in [0.2, 0.25) is 5.91 Å². The van der Waals surface area contributed by atoms with Crippen LogP contribution in [-0.2, 0) is 0 Å². The number of primary amides is 1. The molecule has 1 atom stereocenters. The highest BCUT2D eigenvalue weighted by Gasteiger charge is 2.15. The maximum atomic E-state index is 11.2. The molecule has 0 aliphatic carbocycles. The van der Waals surface area contributed by atoms with E-state index in [2.05, 4.69) is 43.4 Å². The molecule has 0 aromatic heterocycles. The van der Waals surface area contributed by atoms with Gasteiger partial charge in [0.15, 0.2) is 0 Å². The first-order valence-electron chi connectivity index (χ1n) is 7.26. The minimum atomic E-state index is -0.401. The van der Waals surface area contributed by atoms with Crippen LogP contribution in [-0.4, -0.2) is 12.5 Å². The Morgan fingerprint density at radius 3 is 2.43 bits per heavy atom. The van der Waals surface area contributed by atoms with Crippen LogP contribution in [0.1, 0.15) is 35.7 Å². The Morgan fingerprint density at radius 1 is 1.10 bits per heavy atom. The van der Waals surface area contributed by atoms with Crippen molar-refractivity contribution in [2.24, 2.45) is 11.7 Å². The third-order valence-electron chi connectivity index (χ3n) is 3.71. The van der Waals surface area contributed by atoms with Crippen LogP contribution in [0.15, 0.2) is 54.6 Å². The summed E-state index contributed by atoms with van der Waals surface area (Å²) in [4.78, 5) is 11.2. The van der Waals surface area contributed by atoms with Crippen LogP contribution < -0.4 is 11.1 Å². The lowest BCUT2D eigenvalue weighted by atomic mass is 9.88. The van der Waals surface area contributed by atoms with Crippen LogP contribution in [0.3, 0.4) is 0 Å². The molecule has 0 radical (unpaired) electrons. The van der Waals surface area contributed by atoms with Crippen LogP contribution >= 0.6 is 0 Å². The Morgan fingerprint density at radius 2 is 1.81 bits per heavy atom. The summed E-state index contributed by atoms with van der Waals surface area (Å²) in [5, 5.41) is 3.41. The van der Waals surface area contributed by atoms with Gasteiger partial charge in [-0.05, 0) is 29.7 Å². The third kappa shape index (κ3) is 4.09. The second-order valence-electron chi connectivity index (χ2n) is 5.59. The summed E-state index contributed by atoms with van der Waals surface area (Å²) >= 11 is 0. The Kier molecular flexibility index (Phi) is 4.99. The van der Waals surface area contributed by atoms with Gasteiger partial charge in [-0.3, -0.25) is 4.79 Å². The fourth-order valence-electron chi connectivity index (χ4n) is 2.45. The van der Waals surface area contributed by atoms with E-state index in [9.17, 15) is 4.79 Å². The van der Waals surface area contributed by atoms with Gasteiger partial charge in [-0.2, -0.15) is 0 Å². The molecule has 0 saturated carbocycles. The van der Waals surface area contributed by atoms with Gasteiger partial charge in [0.1, 0.15) is 0 Å². The zero-order chi connectivity index (χ0) is 15.2. The van der Waals surface area contributed by atoms with Crippen LogP contribution in [0.25, 0.3) is 0 Å². The molecule has 2 aromatic rings. The molecule has 0 fully saturated rings. The Bertz CT molecular complexity index is 593. The first-order valence-corrected chi connectivity index (χ1v) is 7.26. The SMILES string of the molecule is CC(C)C(CNc1cccc(C(N)=O)c1)c1ccccc1. The molecule has 0 spiro atoms. The second-order valence-corrected chi connectivity index (χ2v) is 5.59. The first-order chi connectivity index (χ1) is 10.1. The van der Waals surface area contributed by atoms with E-state index in [1.165, 1.54) is 5.56 Å². The van der Waals surface area contributed by atoms with Crippen molar-refractivity contribution < 1.29 is 4.79 Å². The summed E-state index contributed by atoms with van der Waals surface area (Å²) in [6.07, 6.45) is 0. The molecule has 1 amide bonds. The van der Waals surface area contributed by atoms with E-state index in [4.69, 9.17) is 5.73 Å². The van der Waals surface area contributed by atoms with E-state index < -0.39 is 5.91 Å². The minimum Gasteiger partial charge on any atom is -0.384 e. The van der Waals surface area contributed by atoms with Gasteiger partial charge >= 0.3 is 0 Å². The Labute approximate surface area is 126 Å². The summed E-state index contributed by atoms with van der Waals surface area (Å²) in [6.45, 7) is 5.27. The molecule has 1 unspecified atom stereocenters. The number of rotatable bonds is 6. The van der Waals surface area contributed by atoms with Crippen LogP contribution in [0, 0.1) is 5.92 Å². The monoisotopic (exact) mass is 282 g/mol. The van der Waals surface area contributed by atoms with E-state index >= 15 is 0 Å². The highest BCUT2D eigenvalue weighted by molar-refractivity contribution is 5.93. The minimum absolute atomic E-state index is 0.401. The maximum absolute atomic E-state index is 11.2. The molecule has 0 bridgehead atoms. The number of nitrogens with two attached hydrogens (primary N) is 1. The zero-order valence-electron chi connectivity index (χ0n) is 12.5. The molecule has 110 valence electrons. The smallest absolute Gasteiger partial charge is 0.248 e. The Hall–Kier alpha value is -2.29. The molecular formula is C18H22N2O. The highest BCUT2D eigenvalue weighted by atomic mass is 16.1. The van der Waals surface area contributed by atoms with Gasteiger partial charge in [-0.25, -0.2) is 0 Å². The van der Waals surface area contributed by atoms with Crippen molar-refractivity contribution in [3.05, 3.63) is 65.7 Å². The standard InChI is InChI=1S/C18H22N2O/c1-13(2)17(14-7-4-3-5-8-14)12-20-16-10-6-9-15(11-16)18(19)21/h3-11,13,17,20H,12H2,1-2H3,(H2,19,21). The molecule has 3 heteroatoms. The molecule has 0 heterocycles. The highest BCUT2D eigenvalue weighted by Crippen LogP contribution is 2.25. The average molecular weight is 282 g/mol. The lowest BCUT2D eigenvalue weighted by Gasteiger charge is -2.22. The van der Waals surface area contributed by atoms with Crippen LogP contribution in [0.2, 0.25) is 0 Å². The molecule has 2 aromatic carbocycles. The van der Waals surface area contributed by atoms with Crippen molar-refractivity contribution in [3.63, 3.8) is 0 Å². The lowest BCUT2D eigenvalue weighted by Crippen LogP contribution is -2.18. The van der Waals surface area contributed by atoms with E-state index in [1.807, 2.05) is 18.2 Å². The van der Waals surface area contributed by atoms with Crippen LogP contribution in [0.5, 0.6) is 0 Å². The van der Waals surface area contributed by atoms with Gasteiger partial charge in [0.05, 0.1) is 0 Å². The Balaban J connectivity index is 2.09. The number of nitrogens with one attached hydrogen (secondary N) is 1. The van der Waals surface area contributed by atoms with Gasteiger partial charge < -0.3 is 11.1 Å². The summed E-state index contributed by atoms with van der Waals surface area (Å²) in [5.74, 6) is 0.546. The molecule has 3 N–H and O–H groups in total. The zero-order valence-corrected chi connectivity index (χ0v) is 12.5. The molecular weight excluding hydrogens is 260 g/mol. The van der Waals surface area contributed by atoms with Crippen molar-refractivity contribution in [2.45, 2.75) is 19.8 Å². The summed E-state index contributed by atoms with van der Waals surface area (Å²) in [7, 11) is 0. The molecule has 0 saturated heterocycles. The molecule has 0 aliphatic rings. The van der Waals surface area contributed by atoms with E-state index in [0.29, 0.717) is 17.4 Å². The molecule has 21 heavy (non-hydrogen) atoms. The quantitative estimate of drug-likeness (QED) is 0.850. The fraction of sp³-hybridized carbons (Fsp3) is 0.278. The van der Waals surface area contributed by atoms with E-state index in [1.54, 1.807) is 12.1 Å². The predicted octanol–water partition coefficient (Wildman–Crippen LogP) is 3.64. The predicted molar refractivity (Wildman–Crippen MR) is 87.5 cm³/mol. The normalized spacial score (nSPS) is 12.1. The van der Waals surface area contributed by atoms with Crippen molar-refractivity contribution >= 4 is 11.6 Å². The first kappa shape index (κ1) is 15.1. The largest absolute Gasteiger partial charge is 0.384 e. The van der Waals surface area contributed by atoms with Crippen LogP contribution in [0.4, 0.5) is 5.69 Å². The lowest BCUT2D eigenvalue weighted by molar-refractivity contribution is 0.100. The fourth-order valence-corrected chi connectivity index (χ4v) is 2.45. The van der Waals surface area contributed by atoms with Crippen molar-refractivity contribution in [2.75, 3.05) is 11.9 Å². The van der Waals surface area contributed by atoms with Gasteiger partial charge in [0.25, 0.3) is 0 Å². The second kappa shape index (κ2) is 6.93. The van der Waals surface area contributed by atoms with Crippen molar-refractivity contribution in [1.29, 1.82) is 0 Å². The maximum Gasteiger partial charge on any atom is 0.248 e. The number of anilines is 1. The number of hydrogen-bond acceptors (Lipinski definition) is 2. The van der Waals surface area contributed by atoms with Gasteiger partial charge in [-0.15, -0.1) is 0 Å². The summed E-state index contributed by atoms with van der Waals surface area (Å²) in [6, 6.07) is 17.8. The molecule has 0 aliphatic heterocycles. The summed E-state index contributed by atoms with van der Waals surface area (Å²) in [5.41, 5.74) is 8.09. The number of carbonyl (C=O) groups excluding carboxylic acids is 1. The average Bonchev–Trinajstić information content (AvgIpc) is 2.48. The third-order valence-corrected chi connectivity index (χ3v) is 3.71. The van der Waals surface area contributed by atoms with Crippen molar-refractivity contribution in [1.82, 2.24) is 0 Å². The van der Waals surface area contributed by atoms with Gasteiger partial charge in [-0.1, -0.05) is 50.2 Å². The number of amides is 1. The number of benzene rings is 2. The molecule has 2 rings (SSSR count). The number of carbonyl (C=O) groups is 1. The topological polar surface area (TPSA) is 55.1 Å². The van der Waals surface area contributed by atoms with Gasteiger partial charge in [0, 0.05) is 23.7 Å².